The van der Waals surface area contributed by atoms with E-state index < -0.39 is 16.9 Å². The van der Waals surface area contributed by atoms with Crippen LogP contribution in [-0.4, -0.2) is 39.3 Å². The predicted molar refractivity (Wildman–Crippen MR) is 143 cm³/mol. The van der Waals surface area contributed by atoms with E-state index in [1.54, 1.807) is 17.2 Å². The lowest BCUT2D eigenvalue weighted by Gasteiger charge is -2.38. The first-order valence-corrected chi connectivity index (χ1v) is 12.6. The van der Waals surface area contributed by atoms with E-state index in [4.69, 9.17) is 16.0 Å². The molecule has 0 unspecified atom stereocenters. The van der Waals surface area contributed by atoms with Crippen molar-refractivity contribution >= 4 is 34.8 Å². The summed E-state index contributed by atoms with van der Waals surface area (Å²) in [6.45, 7) is 2.08. The van der Waals surface area contributed by atoms with Crippen LogP contribution in [0.4, 0.5) is 11.4 Å². The number of nitrogens with zero attached hydrogens (tertiary/aromatic N) is 4. The van der Waals surface area contributed by atoms with Gasteiger partial charge in [0.15, 0.2) is 0 Å². The number of unbranched alkanes of at least 4 members (excludes halogenated alkanes) is 1. The smallest absolute Gasteiger partial charge is 0.288 e. The molecule has 3 heterocycles. The molecule has 1 aliphatic rings. The molecule has 9 nitrogen and oxygen atoms in total. The third kappa shape index (κ3) is 4.56. The first kappa shape index (κ1) is 25.3. The van der Waals surface area contributed by atoms with Gasteiger partial charge in [-0.3, -0.25) is 24.6 Å². The molecule has 5 rings (SSSR count). The summed E-state index contributed by atoms with van der Waals surface area (Å²) in [5, 5.41) is 11.3. The molecule has 10 heteroatoms. The Bertz CT molecular complexity index is 1500. The van der Waals surface area contributed by atoms with E-state index in [1.807, 2.05) is 60.2 Å². The van der Waals surface area contributed by atoms with Crippen molar-refractivity contribution in [2.75, 3.05) is 18.0 Å². The second-order valence-corrected chi connectivity index (χ2v) is 9.38. The van der Waals surface area contributed by atoms with Gasteiger partial charge in [0.25, 0.3) is 11.6 Å². The Hall–Kier alpha value is -4.37. The quantitative estimate of drug-likeness (QED) is 0.204. The van der Waals surface area contributed by atoms with Gasteiger partial charge < -0.3 is 13.9 Å². The number of nitro benzene ring substituents is 1. The summed E-state index contributed by atoms with van der Waals surface area (Å²) in [6, 6.07) is 18.4. The van der Waals surface area contributed by atoms with E-state index >= 15 is 0 Å². The summed E-state index contributed by atoms with van der Waals surface area (Å²) < 4.78 is 7.79. The standard InChI is InChI=1S/C28H25ClN4O5/c1-2-3-14-30(28(35)19-12-13-20(29)24(17-19)33(36)37)18-26(34)32-22-9-5-4-8-21(22)31-15-6-10-23(31)27(32)25-11-7-16-38-25/h4-13,15-17,27H,2-3,14,18H2,1H3/t27-/m0/s1. The van der Waals surface area contributed by atoms with Crippen molar-refractivity contribution in [2.24, 2.45) is 0 Å². The number of halogens is 1. The van der Waals surface area contributed by atoms with E-state index in [9.17, 15) is 19.7 Å². The summed E-state index contributed by atoms with van der Waals surface area (Å²) in [5.41, 5.74) is 2.12. The largest absolute Gasteiger partial charge is 0.467 e. The Labute approximate surface area is 224 Å². The van der Waals surface area contributed by atoms with Crippen molar-refractivity contribution in [3.8, 4) is 5.69 Å². The van der Waals surface area contributed by atoms with E-state index in [-0.39, 0.29) is 28.7 Å². The van der Waals surface area contributed by atoms with Crippen LogP contribution >= 0.6 is 11.6 Å². The molecule has 0 aliphatic carbocycles. The van der Waals surface area contributed by atoms with E-state index in [0.29, 0.717) is 24.4 Å². The lowest BCUT2D eigenvalue weighted by molar-refractivity contribution is -0.384. The summed E-state index contributed by atoms with van der Waals surface area (Å²) >= 11 is 5.95. The molecular weight excluding hydrogens is 508 g/mol. The number of furan rings is 1. The maximum absolute atomic E-state index is 14.1. The zero-order valence-corrected chi connectivity index (χ0v) is 21.4. The van der Waals surface area contributed by atoms with Crippen LogP contribution in [0.3, 0.4) is 0 Å². The molecule has 0 N–H and O–H groups in total. The topological polar surface area (TPSA) is 102 Å². The number of fused-ring (bicyclic) bond motifs is 3. The SMILES string of the molecule is CCCCN(CC(=O)N1c2ccccc2-n2cccc2[C@H]1c1ccco1)C(=O)c1ccc(Cl)c([N+](=O)[O-])c1. The number of hydrogen-bond donors (Lipinski definition) is 0. The normalized spacial score (nSPS) is 14.1. The van der Waals surface area contributed by atoms with Crippen LogP contribution in [0.15, 0.2) is 83.6 Å². The van der Waals surface area contributed by atoms with Gasteiger partial charge in [-0.05, 0) is 55.0 Å². The molecule has 0 bridgehead atoms. The number of rotatable bonds is 8. The Balaban J connectivity index is 1.52. The van der Waals surface area contributed by atoms with Crippen molar-refractivity contribution in [1.29, 1.82) is 0 Å². The van der Waals surface area contributed by atoms with Crippen molar-refractivity contribution in [3.63, 3.8) is 0 Å². The van der Waals surface area contributed by atoms with Gasteiger partial charge >= 0.3 is 0 Å². The number of anilines is 1. The van der Waals surface area contributed by atoms with Crippen molar-refractivity contribution in [1.82, 2.24) is 9.47 Å². The maximum Gasteiger partial charge on any atom is 0.288 e. The van der Waals surface area contributed by atoms with E-state index in [1.165, 1.54) is 17.0 Å². The Morgan fingerprint density at radius 1 is 1.08 bits per heavy atom. The Morgan fingerprint density at radius 3 is 2.58 bits per heavy atom. The van der Waals surface area contributed by atoms with Gasteiger partial charge in [0.1, 0.15) is 23.4 Å². The van der Waals surface area contributed by atoms with Crippen LogP contribution in [0.1, 0.15) is 47.6 Å². The van der Waals surface area contributed by atoms with Crippen molar-refractivity contribution in [3.05, 3.63) is 111 Å². The third-order valence-corrected chi connectivity index (χ3v) is 6.91. The molecule has 0 fully saturated rings. The highest BCUT2D eigenvalue weighted by Gasteiger charge is 2.38. The monoisotopic (exact) mass is 532 g/mol. The van der Waals surface area contributed by atoms with Crippen molar-refractivity contribution in [2.45, 2.75) is 25.8 Å². The zero-order valence-electron chi connectivity index (χ0n) is 20.6. The highest BCUT2D eigenvalue weighted by atomic mass is 35.5. The number of aromatic nitrogens is 1. The number of para-hydroxylation sites is 2. The van der Waals surface area contributed by atoms with Crippen molar-refractivity contribution < 1.29 is 18.9 Å². The number of amides is 2. The van der Waals surface area contributed by atoms with Crippen LogP contribution in [0, 0.1) is 10.1 Å². The minimum atomic E-state index is -0.631. The molecular formula is C28H25ClN4O5. The third-order valence-electron chi connectivity index (χ3n) is 6.59. The van der Waals surface area contributed by atoms with Gasteiger partial charge in [-0.25, -0.2) is 0 Å². The first-order valence-electron chi connectivity index (χ1n) is 12.3. The van der Waals surface area contributed by atoms with Crippen LogP contribution in [0.5, 0.6) is 0 Å². The van der Waals surface area contributed by atoms with E-state index in [2.05, 4.69) is 0 Å². The van der Waals surface area contributed by atoms with Crippen LogP contribution in [0.25, 0.3) is 5.69 Å². The van der Waals surface area contributed by atoms with Crippen LogP contribution in [0.2, 0.25) is 5.02 Å². The molecule has 0 spiro atoms. The number of carbonyl (C=O) groups excluding carboxylic acids is 2. The van der Waals surface area contributed by atoms with Gasteiger partial charge in [-0.15, -0.1) is 0 Å². The molecule has 1 aliphatic heterocycles. The number of carbonyl (C=O) groups is 2. The second kappa shape index (κ2) is 10.5. The summed E-state index contributed by atoms with van der Waals surface area (Å²) in [6.07, 6.45) is 4.97. The molecule has 2 aromatic heterocycles. The van der Waals surface area contributed by atoms with Crippen LogP contribution < -0.4 is 4.90 Å². The fourth-order valence-electron chi connectivity index (χ4n) is 4.79. The number of benzene rings is 2. The molecule has 194 valence electrons. The zero-order chi connectivity index (χ0) is 26.8. The van der Waals surface area contributed by atoms with Gasteiger partial charge in [0.05, 0.1) is 28.3 Å². The minimum Gasteiger partial charge on any atom is -0.467 e. The highest BCUT2D eigenvalue weighted by Crippen LogP contribution is 2.42. The van der Waals surface area contributed by atoms with Gasteiger partial charge in [-0.1, -0.05) is 37.1 Å². The lowest BCUT2D eigenvalue weighted by Crippen LogP contribution is -2.47. The molecule has 4 aromatic rings. The summed E-state index contributed by atoms with van der Waals surface area (Å²) in [4.78, 5) is 41.5. The Kier molecular flexibility index (Phi) is 7.02. The average Bonchev–Trinajstić information content (AvgIpc) is 3.63. The first-order chi connectivity index (χ1) is 18.4. The highest BCUT2D eigenvalue weighted by molar-refractivity contribution is 6.32. The molecule has 2 amide bonds. The number of nitro groups is 1. The van der Waals surface area contributed by atoms with Crippen LogP contribution in [-0.2, 0) is 4.79 Å². The molecule has 2 aromatic carbocycles. The molecule has 0 radical (unpaired) electrons. The lowest BCUT2D eigenvalue weighted by atomic mass is 10.0. The fourth-order valence-corrected chi connectivity index (χ4v) is 4.97. The maximum atomic E-state index is 14.1. The van der Waals surface area contributed by atoms with E-state index in [0.717, 1.165) is 23.9 Å². The predicted octanol–water partition coefficient (Wildman–Crippen LogP) is 6.01. The van der Waals surface area contributed by atoms with Gasteiger partial charge in [-0.2, -0.15) is 0 Å². The molecule has 38 heavy (non-hydrogen) atoms. The van der Waals surface area contributed by atoms with Gasteiger partial charge in [0, 0.05) is 24.4 Å². The second-order valence-electron chi connectivity index (χ2n) is 8.98. The average molecular weight is 533 g/mol. The molecule has 0 saturated heterocycles. The number of hydrogen-bond acceptors (Lipinski definition) is 5. The van der Waals surface area contributed by atoms with Gasteiger partial charge in [0.2, 0.25) is 5.91 Å². The summed E-state index contributed by atoms with van der Waals surface area (Å²) in [7, 11) is 0. The minimum absolute atomic E-state index is 0.0584. The molecule has 0 saturated carbocycles. The Morgan fingerprint density at radius 2 is 1.87 bits per heavy atom. The fraction of sp³-hybridized carbons (Fsp3) is 0.214. The summed E-state index contributed by atoms with van der Waals surface area (Å²) in [5.74, 6) is -0.193. The molecule has 1 atom stereocenters.